The van der Waals surface area contributed by atoms with Gasteiger partial charge in [-0.25, -0.2) is 5.01 Å². The Morgan fingerprint density at radius 3 is 2.82 bits per heavy atom. The van der Waals surface area contributed by atoms with E-state index >= 15 is 0 Å². The second kappa shape index (κ2) is 5.05. The highest BCUT2D eigenvalue weighted by Crippen LogP contribution is 2.19. The van der Waals surface area contributed by atoms with Gasteiger partial charge in [0.05, 0.1) is 18.9 Å². The van der Waals surface area contributed by atoms with E-state index in [1.54, 1.807) is 12.4 Å². The summed E-state index contributed by atoms with van der Waals surface area (Å²) in [6, 6.07) is 3.75. The molecule has 0 saturated carbocycles. The van der Waals surface area contributed by atoms with Crippen LogP contribution in [0.5, 0.6) is 0 Å². The summed E-state index contributed by atoms with van der Waals surface area (Å²) in [6.45, 7) is 2.05. The van der Waals surface area contributed by atoms with Crippen LogP contribution in [0.4, 0.5) is 0 Å². The smallest absolute Gasteiger partial charge is 0.245 e. The van der Waals surface area contributed by atoms with Gasteiger partial charge in [-0.2, -0.15) is 5.10 Å². The van der Waals surface area contributed by atoms with Crippen LogP contribution in [0.15, 0.2) is 29.6 Å². The van der Waals surface area contributed by atoms with E-state index in [4.69, 9.17) is 5.11 Å². The molecule has 90 valence electrons. The maximum Gasteiger partial charge on any atom is 0.245 e. The van der Waals surface area contributed by atoms with Crippen molar-refractivity contribution in [2.45, 2.75) is 13.3 Å². The van der Waals surface area contributed by atoms with E-state index in [0.29, 0.717) is 6.42 Å². The number of hydrazone groups is 1. The molecule has 1 amide bonds. The molecular formula is C12H15N3O2. The van der Waals surface area contributed by atoms with Crippen LogP contribution in [-0.4, -0.2) is 39.9 Å². The van der Waals surface area contributed by atoms with E-state index in [-0.39, 0.29) is 25.0 Å². The van der Waals surface area contributed by atoms with Gasteiger partial charge in [-0.15, -0.1) is 0 Å². The van der Waals surface area contributed by atoms with Gasteiger partial charge in [-0.05, 0) is 12.1 Å². The van der Waals surface area contributed by atoms with Crippen molar-refractivity contribution in [3.05, 3.63) is 30.1 Å². The lowest BCUT2D eigenvalue weighted by atomic mass is 9.97. The number of β-amino-alcohol motifs (C(OH)–C–C–N with tert-alkyl or cyclic N) is 1. The zero-order chi connectivity index (χ0) is 12.3. The fraction of sp³-hybridized carbons (Fsp3) is 0.417. The molecule has 1 unspecified atom stereocenters. The standard InChI is InChI=1S/C12H15N3O2/c1-9-8-11(10-2-4-13-5-3-10)14-15(6-7-16)12(9)17/h2-5,9,16H,6-8H2,1H3. The summed E-state index contributed by atoms with van der Waals surface area (Å²) in [5.74, 6) is -0.126. The summed E-state index contributed by atoms with van der Waals surface area (Å²) < 4.78 is 0. The van der Waals surface area contributed by atoms with Crippen LogP contribution in [-0.2, 0) is 4.79 Å². The fourth-order valence-electron chi connectivity index (χ4n) is 1.84. The molecule has 17 heavy (non-hydrogen) atoms. The number of aliphatic hydroxyl groups excluding tert-OH is 1. The molecule has 0 fully saturated rings. The minimum Gasteiger partial charge on any atom is -0.394 e. The van der Waals surface area contributed by atoms with Gasteiger partial charge in [0.15, 0.2) is 0 Å². The quantitative estimate of drug-likeness (QED) is 0.833. The van der Waals surface area contributed by atoms with Crippen molar-refractivity contribution < 1.29 is 9.90 Å². The maximum absolute atomic E-state index is 11.8. The largest absolute Gasteiger partial charge is 0.394 e. The summed E-state index contributed by atoms with van der Waals surface area (Å²) in [4.78, 5) is 15.7. The zero-order valence-corrected chi connectivity index (χ0v) is 9.71. The molecule has 5 nitrogen and oxygen atoms in total. The fourth-order valence-corrected chi connectivity index (χ4v) is 1.84. The summed E-state index contributed by atoms with van der Waals surface area (Å²) in [7, 11) is 0. The van der Waals surface area contributed by atoms with Crippen LogP contribution < -0.4 is 0 Å². The Bertz CT molecular complexity index is 431. The molecule has 1 aliphatic rings. The van der Waals surface area contributed by atoms with Gasteiger partial charge in [0.2, 0.25) is 5.91 Å². The number of rotatable bonds is 3. The number of carbonyl (C=O) groups is 1. The molecule has 1 atom stereocenters. The topological polar surface area (TPSA) is 65.8 Å². The van der Waals surface area contributed by atoms with Gasteiger partial charge in [-0.3, -0.25) is 9.78 Å². The molecule has 0 radical (unpaired) electrons. The Balaban J connectivity index is 2.28. The Kier molecular flexibility index (Phi) is 3.49. The van der Waals surface area contributed by atoms with E-state index in [1.165, 1.54) is 5.01 Å². The molecule has 0 aliphatic carbocycles. The normalized spacial score (nSPS) is 20.4. The van der Waals surface area contributed by atoms with Gasteiger partial charge >= 0.3 is 0 Å². The lowest BCUT2D eigenvalue weighted by Crippen LogP contribution is -2.39. The average Bonchev–Trinajstić information content (AvgIpc) is 2.36. The molecular weight excluding hydrogens is 218 g/mol. The van der Waals surface area contributed by atoms with Crippen LogP contribution >= 0.6 is 0 Å². The second-order valence-corrected chi connectivity index (χ2v) is 4.07. The Morgan fingerprint density at radius 2 is 2.18 bits per heavy atom. The van der Waals surface area contributed by atoms with Gasteiger partial charge < -0.3 is 5.11 Å². The predicted octanol–water partition coefficient (Wildman–Crippen LogP) is 0.646. The van der Waals surface area contributed by atoms with Crippen LogP contribution in [0.25, 0.3) is 0 Å². The van der Waals surface area contributed by atoms with Crippen molar-refractivity contribution in [2.75, 3.05) is 13.2 Å². The van der Waals surface area contributed by atoms with E-state index < -0.39 is 0 Å². The summed E-state index contributed by atoms with van der Waals surface area (Å²) in [5.41, 5.74) is 1.84. The first-order chi connectivity index (χ1) is 8.22. The molecule has 0 saturated heterocycles. The van der Waals surface area contributed by atoms with Gasteiger partial charge in [0.1, 0.15) is 0 Å². The van der Waals surface area contributed by atoms with Crippen molar-refractivity contribution >= 4 is 11.6 Å². The number of aliphatic hydroxyl groups is 1. The van der Waals surface area contributed by atoms with Crippen molar-refractivity contribution in [1.82, 2.24) is 9.99 Å². The molecule has 0 spiro atoms. The Morgan fingerprint density at radius 1 is 1.47 bits per heavy atom. The molecule has 1 aliphatic heterocycles. The van der Waals surface area contributed by atoms with Crippen LogP contribution in [0.2, 0.25) is 0 Å². The van der Waals surface area contributed by atoms with Crippen molar-refractivity contribution in [1.29, 1.82) is 0 Å². The number of aromatic nitrogens is 1. The van der Waals surface area contributed by atoms with Gasteiger partial charge in [0, 0.05) is 30.3 Å². The number of carbonyl (C=O) groups excluding carboxylic acids is 1. The highest BCUT2D eigenvalue weighted by Gasteiger charge is 2.27. The molecule has 2 rings (SSSR count). The summed E-state index contributed by atoms with van der Waals surface area (Å²) >= 11 is 0. The SMILES string of the molecule is CC1CC(c2ccncc2)=NN(CCO)C1=O. The van der Waals surface area contributed by atoms with E-state index in [2.05, 4.69) is 10.1 Å². The van der Waals surface area contributed by atoms with Crippen LogP contribution in [0, 0.1) is 5.92 Å². The first-order valence-electron chi connectivity index (χ1n) is 5.62. The second-order valence-electron chi connectivity index (χ2n) is 4.07. The molecule has 0 aromatic carbocycles. The molecule has 1 aromatic heterocycles. The zero-order valence-electron chi connectivity index (χ0n) is 9.71. The highest BCUT2D eigenvalue weighted by atomic mass is 16.3. The van der Waals surface area contributed by atoms with E-state index in [0.717, 1.165) is 11.3 Å². The monoisotopic (exact) mass is 233 g/mol. The van der Waals surface area contributed by atoms with Crippen molar-refractivity contribution in [2.24, 2.45) is 11.0 Å². The number of hydrogen-bond acceptors (Lipinski definition) is 4. The van der Waals surface area contributed by atoms with E-state index in [1.807, 2.05) is 19.1 Å². The van der Waals surface area contributed by atoms with Gasteiger partial charge in [0.25, 0.3) is 0 Å². The number of amides is 1. The summed E-state index contributed by atoms with van der Waals surface area (Å²) in [5, 5.41) is 14.5. The predicted molar refractivity (Wildman–Crippen MR) is 63.4 cm³/mol. The molecule has 1 aromatic rings. The van der Waals surface area contributed by atoms with Crippen LogP contribution in [0.3, 0.4) is 0 Å². The maximum atomic E-state index is 11.8. The lowest BCUT2D eigenvalue weighted by molar-refractivity contribution is -0.136. The third kappa shape index (κ3) is 2.50. The molecule has 2 heterocycles. The number of hydrogen-bond donors (Lipinski definition) is 1. The number of nitrogens with zero attached hydrogens (tertiary/aromatic N) is 3. The summed E-state index contributed by atoms with van der Waals surface area (Å²) in [6.07, 6.45) is 4.04. The lowest BCUT2D eigenvalue weighted by Gasteiger charge is -2.27. The molecule has 0 bridgehead atoms. The first-order valence-corrected chi connectivity index (χ1v) is 5.62. The van der Waals surface area contributed by atoms with Crippen molar-refractivity contribution in [3.63, 3.8) is 0 Å². The minimum absolute atomic E-state index is 0.0307. The minimum atomic E-state index is -0.0952. The number of pyridine rings is 1. The third-order valence-electron chi connectivity index (χ3n) is 2.74. The first kappa shape index (κ1) is 11.7. The molecule has 5 heteroatoms. The van der Waals surface area contributed by atoms with E-state index in [9.17, 15) is 4.79 Å². The third-order valence-corrected chi connectivity index (χ3v) is 2.74. The molecule has 1 N–H and O–H groups in total. The Hall–Kier alpha value is -1.75. The van der Waals surface area contributed by atoms with Gasteiger partial charge in [-0.1, -0.05) is 6.92 Å². The Labute approximate surface area is 99.8 Å². The average molecular weight is 233 g/mol. The highest BCUT2D eigenvalue weighted by molar-refractivity contribution is 6.04. The van der Waals surface area contributed by atoms with Crippen LogP contribution in [0.1, 0.15) is 18.9 Å². The van der Waals surface area contributed by atoms with Crippen molar-refractivity contribution in [3.8, 4) is 0 Å².